The lowest BCUT2D eigenvalue weighted by Crippen LogP contribution is -1.99. The van der Waals surface area contributed by atoms with Crippen LogP contribution < -0.4 is 9.47 Å². The van der Waals surface area contributed by atoms with Crippen molar-refractivity contribution in [2.24, 2.45) is 0 Å². The fourth-order valence-corrected chi connectivity index (χ4v) is 1.61. The van der Waals surface area contributed by atoms with Crippen LogP contribution in [-0.4, -0.2) is 19.3 Å². The Morgan fingerprint density at radius 2 is 1.71 bits per heavy atom. The molecular formula is C13H14O4. The number of hydrogen-bond donors (Lipinski definition) is 1. The fraction of sp³-hybridized carbons (Fsp3) is 0.231. The molecule has 0 bridgehead atoms. The van der Waals surface area contributed by atoms with Gasteiger partial charge in [-0.1, -0.05) is 0 Å². The largest absolute Gasteiger partial charge is 0.497 e. The third-order valence-electron chi connectivity index (χ3n) is 2.55. The zero-order valence-corrected chi connectivity index (χ0v) is 9.71. The first-order chi connectivity index (χ1) is 8.24. The van der Waals surface area contributed by atoms with E-state index in [0.717, 1.165) is 0 Å². The number of rotatable bonds is 4. The molecule has 0 fully saturated rings. The molecule has 4 heteroatoms. The van der Waals surface area contributed by atoms with E-state index in [0.29, 0.717) is 22.6 Å². The molecule has 0 amide bonds. The standard InChI is InChI=1S/C13H14O4/c1-15-11-5-10(6-12(7-11)16-2)13(14)9-3-4-17-8-9/h3-8,13-14H,1-2H3. The minimum Gasteiger partial charge on any atom is -0.497 e. The van der Waals surface area contributed by atoms with Crippen LogP contribution in [0.1, 0.15) is 17.2 Å². The molecule has 1 heterocycles. The van der Waals surface area contributed by atoms with E-state index in [2.05, 4.69) is 0 Å². The lowest BCUT2D eigenvalue weighted by Gasteiger charge is -2.12. The van der Waals surface area contributed by atoms with Gasteiger partial charge in [0.1, 0.15) is 17.6 Å². The molecule has 1 aromatic heterocycles. The highest BCUT2D eigenvalue weighted by Gasteiger charge is 2.14. The number of benzene rings is 1. The minimum absolute atomic E-state index is 0.641. The molecule has 4 nitrogen and oxygen atoms in total. The van der Waals surface area contributed by atoms with Gasteiger partial charge >= 0.3 is 0 Å². The summed E-state index contributed by atoms with van der Waals surface area (Å²) in [5.41, 5.74) is 1.39. The average molecular weight is 234 g/mol. The first kappa shape index (κ1) is 11.5. The molecule has 0 saturated carbocycles. The monoisotopic (exact) mass is 234 g/mol. The maximum absolute atomic E-state index is 10.1. The van der Waals surface area contributed by atoms with E-state index in [1.54, 1.807) is 38.5 Å². The van der Waals surface area contributed by atoms with E-state index in [1.807, 2.05) is 0 Å². The van der Waals surface area contributed by atoms with Crippen LogP contribution in [0.3, 0.4) is 0 Å². The van der Waals surface area contributed by atoms with E-state index >= 15 is 0 Å². The summed E-state index contributed by atoms with van der Waals surface area (Å²) >= 11 is 0. The molecular weight excluding hydrogens is 220 g/mol. The van der Waals surface area contributed by atoms with Crippen molar-refractivity contribution in [3.8, 4) is 11.5 Å². The molecule has 0 radical (unpaired) electrons. The number of furan rings is 1. The lowest BCUT2D eigenvalue weighted by molar-refractivity contribution is 0.218. The second-order valence-corrected chi connectivity index (χ2v) is 3.61. The molecule has 0 spiro atoms. The number of hydrogen-bond acceptors (Lipinski definition) is 4. The second kappa shape index (κ2) is 4.93. The van der Waals surface area contributed by atoms with Crippen LogP contribution in [0, 0.1) is 0 Å². The summed E-state index contributed by atoms with van der Waals surface area (Å²) in [5, 5.41) is 10.1. The van der Waals surface area contributed by atoms with Gasteiger partial charge in [-0.2, -0.15) is 0 Å². The highest BCUT2D eigenvalue weighted by Crippen LogP contribution is 2.29. The van der Waals surface area contributed by atoms with E-state index in [-0.39, 0.29) is 0 Å². The maximum atomic E-state index is 10.1. The Kier molecular flexibility index (Phi) is 3.35. The summed E-state index contributed by atoms with van der Waals surface area (Å²) in [6.07, 6.45) is 2.28. The molecule has 2 aromatic rings. The van der Waals surface area contributed by atoms with Gasteiger partial charge in [-0.3, -0.25) is 0 Å². The van der Waals surface area contributed by atoms with E-state index in [9.17, 15) is 5.11 Å². The first-order valence-corrected chi connectivity index (χ1v) is 5.17. The Balaban J connectivity index is 2.37. The number of aliphatic hydroxyl groups excluding tert-OH is 1. The fourth-order valence-electron chi connectivity index (χ4n) is 1.61. The van der Waals surface area contributed by atoms with Gasteiger partial charge in [-0.25, -0.2) is 0 Å². The van der Waals surface area contributed by atoms with Crippen LogP contribution in [0.25, 0.3) is 0 Å². The Morgan fingerprint density at radius 3 is 2.18 bits per heavy atom. The summed E-state index contributed by atoms with van der Waals surface area (Å²) in [4.78, 5) is 0. The van der Waals surface area contributed by atoms with Gasteiger partial charge in [-0.05, 0) is 23.8 Å². The summed E-state index contributed by atoms with van der Waals surface area (Å²) in [7, 11) is 3.14. The van der Waals surface area contributed by atoms with Crippen LogP contribution in [0.2, 0.25) is 0 Å². The van der Waals surface area contributed by atoms with Crippen molar-refractivity contribution in [3.63, 3.8) is 0 Å². The molecule has 1 atom stereocenters. The summed E-state index contributed by atoms with van der Waals surface area (Å²) in [5.74, 6) is 1.28. The van der Waals surface area contributed by atoms with Crippen LogP contribution in [0.4, 0.5) is 0 Å². The molecule has 90 valence electrons. The molecule has 0 aliphatic rings. The molecule has 0 saturated heterocycles. The first-order valence-electron chi connectivity index (χ1n) is 5.17. The van der Waals surface area contributed by atoms with Gasteiger partial charge in [0, 0.05) is 11.6 Å². The zero-order valence-electron chi connectivity index (χ0n) is 9.71. The topological polar surface area (TPSA) is 51.8 Å². The van der Waals surface area contributed by atoms with Gasteiger partial charge in [0.15, 0.2) is 0 Å². The SMILES string of the molecule is COc1cc(OC)cc(C(O)c2ccoc2)c1. The lowest BCUT2D eigenvalue weighted by atomic mass is 10.0. The molecule has 0 aliphatic carbocycles. The summed E-state index contributed by atoms with van der Waals surface area (Å²) in [6, 6.07) is 7.00. The predicted octanol–water partition coefficient (Wildman–Crippen LogP) is 2.38. The Hall–Kier alpha value is -1.94. The Morgan fingerprint density at radius 1 is 1.06 bits per heavy atom. The Labute approximate surface area is 99.4 Å². The normalized spacial score (nSPS) is 12.2. The number of ether oxygens (including phenoxy) is 2. The van der Waals surface area contributed by atoms with Crippen molar-refractivity contribution >= 4 is 0 Å². The Bertz CT molecular complexity index is 454. The summed E-state index contributed by atoms with van der Waals surface area (Å²) in [6.45, 7) is 0. The summed E-state index contributed by atoms with van der Waals surface area (Å²) < 4.78 is 15.2. The zero-order chi connectivity index (χ0) is 12.3. The third kappa shape index (κ3) is 2.42. The molecule has 1 N–H and O–H groups in total. The van der Waals surface area contributed by atoms with Gasteiger partial charge < -0.3 is 19.0 Å². The second-order valence-electron chi connectivity index (χ2n) is 3.61. The number of methoxy groups -OCH3 is 2. The predicted molar refractivity (Wildman–Crippen MR) is 62.3 cm³/mol. The van der Waals surface area contributed by atoms with Gasteiger partial charge in [0.05, 0.1) is 26.7 Å². The van der Waals surface area contributed by atoms with E-state index < -0.39 is 6.10 Å². The van der Waals surface area contributed by atoms with Crippen LogP contribution in [0.15, 0.2) is 41.2 Å². The van der Waals surface area contributed by atoms with Crippen molar-refractivity contribution in [1.29, 1.82) is 0 Å². The highest BCUT2D eigenvalue weighted by atomic mass is 16.5. The smallest absolute Gasteiger partial charge is 0.122 e. The van der Waals surface area contributed by atoms with E-state index in [4.69, 9.17) is 13.9 Å². The van der Waals surface area contributed by atoms with Crippen LogP contribution >= 0.6 is 0 Å². The van der Waals surface area contributed by atoms with Crippen molar-refractivity contribution in [3.05, 3.63) is 47.9 Å². The quantitative estimate of drug-likeness (QED) is 0.882. The van der Waals surface area contributed by atoms with E-state index in [1.165, 1.54) is 12.5 Å². The van der Waals surface area contributed by atoms with Gasteiger partial charge in [0.25, 0.3) is 0 Å². The maximum Gasteiger partial charge on any atom is 0.122 e. The van der Waals surface area contributed by atoms with Crippen molar-refractivity contribution in [1.82, 2.24) is 0 Å². The average Bonchev–Trinajstić information content (AvgIpc) is 2.91. The molecule has 17 heavy (non-hydrogen) atoms. The van der Waals surface area contributed by atoms with Gasteiger partial charge in [0.2, 0.25) is 0 Å². The number of aliphatic hydroxyl groups is 1. The van der Waals surface area contributed by atoms with Crippen molar-refractivity contribution in [2.45, 2.75) is 6.10 Å². The highest BCUT2D eigenvalue weighted by molar-refractivity contribution is 5.41. The van der Waals surface area contributed by atoms with Crippen LogP contribution in [-0.2, 0) is 0 Å². The van der Waals surface area contributed by atoms with Crippen molar-refractivity contribution < 1.29 is 19.0 Å². The van der Waals surface area contributed by atoms with Gasteiger partial charge in [-0.15, -0.1) is 0 Å². The minimum atomic E-state index is -0.752. The molecule has 0 aliphatic heterocycles. The van der Waals surface area contributed by atoms with Crippen LogP contribution in [0.5, 0.6) is 11.5 Å². The molecule has 2 rings (SSSR count). The molecule has 1 aromatic carbocycles. The van der Waals surface area contributed by atoms with Crippen molar-refractivity contribution in [2.75, 3.05) is 14.2 Å². The third-order valence-corrected chi connectivity index (χ3v) is 2.55. The molecule has 1 unspecified atom stereocenters.